The van der Waals surface area contributed by atoms with E-state index in [4.69, 9.17) is 0 Å². The number of anilines is 1. The van der Waals surface area contributed by atoms with Gasteiger partial charge in [0.15, 0.2) is 0 Å². The van der Waals surface area contributed by atoms with E-state index >= 15 is 0 Å². The minimum atomic E-state index is -0.737. The molecule has 0 aromatic heterocycles. The number of halogens is 2. The van der Waals surface area contributed by atoms with Crippen LogP contribution in [0, 0.1) is 11.6 Å². The molecule has 0 radical (unpaired) electrons. The highest BCUT2D eigenvalue weighted by molar-refractivity contribution is 5.92. The number of carbonyl (C=O) groups is 1. The van der Waals surface area contributed by atoms with Crippen LogP contribution < -0.4 is 15.5 Å². The number of rotatable bonds is 5. The molecule has 1 aliphatic heterocycles. The average molecular weight is 359 g/mol. The van der Waals surface area contributed by atoms with E-state index in [1.54, 1.807) is 0 Å². The molecule has 0 bridgehead atoms. The Labute approximate surface area is 152 Å². The summed E-state index contributed by atoms with van der Waals surface area (Å²) in [5, 5.41) is 6.23. The number of hydrogen-bond acceptors (Lipinski definition) is 2. The predicted molar refractivity (Wildman–Crippen MR) is 98.3 cm³/mol. The van der Waals surface area contributed by atoms with E-state index in [2.05, 4.69) is 10.6 Å². The minimum Gasteiger partial charge on any atom is -0.335 e. The van der Waals surface area contributed by atoms with Crippen LogP contribution >= 0.6 is 0 Å². The lowest BCUT2D eigenvalue weighted by Gasteiger charge is -2.29. The number of nitrogens with zero attached hydrogens (tertiary/aromatic N) is 1. The van der Waals surface area contributed by atoms with Crippen molar-refractivity contribution in [3.05, 3.63) is 65.7 Å². The highest BCUT2D eigenvalue weighted by Crippen LogP contribution is 2.21. The maximum Gasteiger partial charge on any atom is 0.322 e. The molecule has 6 heteroatoms. The van der Waals surface area contributed by atoms with Gasteiger partial charge in [-0.1, -0.05) is 30.3 Å². The molecule has 1 fully saturated rings. The van der Waals surface area contributed by atoms with Crippen molar-refractivity contribution in [2.45, 2.75) is 25.3 Å². The summed E-state index contributed by atoms with van der Waals surface area (Å²) in [6, 6.07) is 12.7. The second kappa shape index (κ2) is 8.76. The first-order valence-corrected chi connectivity index (χ1v) is 8.91. The van der Waals surface area contributed by atoms with E-state index in [1.807, 2.05) is 30.3 Å². The van der Waals surface area contributed by atoms with Crippen LogP contribution in [0.4, 0.5) is 19.3 Å². The quantitative estimate of drug-likeness (QED) is 0.859. The smallest absolute Gasteiger partial charge is 0.322 e. The summed E-state index contributed by atoms with van der Waals surface area (Å²) < 4.78 is 27.6. The zero-order valence-electron chi connectivity index (χ0n) is 14.6. The molecule has 0 atom stereocenters. The summed E-state index contributed by atoms with van der Waals surface area (Å²) in [5.41, 5.74) is 1.14. The molecule has 138 valence electrons. The van der Waals surface area contributed by atoms with Gasteiger partial charge in [0.05, 0.1) is 5.69 Å². The maximum atomic E-state index is 14.3. The van der Waals surface area contributed by atoms with Gasteiger partial charge in [-0.3, -0.25) is 4.90 Å². The molecular formula is C20H23F2N3O. The topological polar surface area (TPSA) is 44.4 Å². The fourth-order valence-corrected chi connectivity index (χ4v) is 3.14. The van der Waals surface area contributed by atoms with Crippen LogP contribution in [0.2, 0.25) is 0 Å². The fraction of sp³-hybridized carbons (Fsp3) is 0.350. The number of nitrogens with one attached hydrogen (secondary N) is 2. The Morgan fingerprint density at radius 3 is 2.54 bits per heavy atom. The highest BCUT2D eigenvalue weighted by Gasteiger charge is 2.23. The zero-order valence-corrected chi connectivity index (χ0v) is 14.6. The van der Waals surface area contributed by atoms with Gasteiger partial charge in [-0.25, -0.2) is 13.6 Å². The van der Waals surface area contributed by atoms with Gasteiger partial charge in [0.2, 0.25) is 0 Å². The van der Waals surface area contributed by atoms with Crippen LogP contribution in [0.3, 0.4) is 0 Å². The molecule has 0 unspecified atom stereocenters. The van der Waals surface area contributed by atoms with Crippen LogP contribution in [0.25, 0.3) is 0 Å². The summed E-state index contributed by atoms with van der Waals surface area (Å²) in [4.78, 5) is 14.2. The van der Waals surface area contributed by atoms with Gasteiger partial charge in [-0.15, -0.1) is 0 Å². The van der Waals surface area contributed by atoms with Gasteiger partial charge in [0, 0.05) is 18.7 Å². The molecule has 26 heavy (non-hydrogen) atoms. The molecule has 1 saturated heterocycles. The number of hydrogen-bond donors (Lipinski definition) is 2. The number of amides is 2. The van der Waals surface area contributed by atoms with Crippen LogP contribution in [-0.4, -0.2) is 31.7 Å². The van der Waals surface area contributed by atoms with Crippen LogP contribution in [0.1, 0.15) is 18.4 Å². The normalized spacial score (nSPS) is 14.8. The minimum absolute atomic E-state index is 0.0616. The van der Waals surface area contributed by atoms with Crippen molar-refractivity contribution in [1.82, 2.24) is 10.6 Å². The van der Waals surface area contributed by atoms with Gasteiger partial charge < -0.3 is 10.6 Å². The molecule has 3 rings (SSSR count). The molecule has 1 heterocycles. The van der Waals surface area contributed by atoms with Crippen molar-refractivity contribution in [3.8, 4) is 0 Å². The number of urea groups is 1. The molecule has 0 spiro atoms. The highest BCUT2D eigenvalue weighted by atomic mass is 19.1. The molecule has 2 aromatic rings. The van der Waals surface area contributed by atoms with Gasteiger partial charge >= 0.3 is 6.03 Å². The largest absolute Gasteiger partial charge is 0.335 e. The van der Waals surface area contributed by atoms with Gasteiger partial charge in [-0.05, 0) is 50.0 Å². The Bertz CT molecular complexity index is 733. The van der Waals surface area contributed by atoms with E-state index in [1.165, 1.54) is 17.0 Å². The van der Waals surface area contributed by atoms with Crippen molar-refractivity contribution in [1.29, 1.82) is 0 Å². The number of piperidine rings is 1. The van der Waals surface area contributed by atoms with E-state index in [9.17, 15) is 13.6 Å². The second-order valence-electron chi connectivity index (χ2n) is 6.46. The first kappa shape index (κ1) is 18.3. The number of benzene rings is 2. The zero-order chi connectivity index (χ0) is 18.4. The van der Waals surface area contributed by atoms with Crippen molar-refractivity contribution in [2.75, 3.05) is 24.5 Å². The molecule has 1 aliphatic rings. The first-order chi connectivity index (χ1) is 12.6. The molecule has 2 N–H and O–H groups in total. The Morgan fingerprint density at radius 2 is 1.85 bits per heavy atom. The Morgan fingerprint density at radius 1 is 1.12 bits per heavy atom. The molecule has 0 saturated carbocycles. The number of carbonyl (C=O) groups excluding carboxylic acids is 1. The van der Waals surface area contributed by atoms with Crippen LogP contribution in [0.15, 0.2) is 48.5 Å². The summed E-state index contributed by atoms with van der Waals surface area (Å²) in [5.74, 6) is -1.40. The Hall–Kier alpha value is -2.47. The molecule has 4 nitrogen and oxygen atoms in total. The Balaban J connectivity index is 1.76. The third-order valence-corrected chi connectivity index (χ3v) is 4.58. The lowest BCUT2D eigenvalue weighted by atomic mass is 10.1. The monoisotopic (exact) mass is 359 g/mol. The fourth-order valence-electron chi connectivity index (χ4n) is 3.14. The summed E-state index contributed by atoms with van der Waals surface area (Å²) in [6.07, 6.45) is 2.26. The molecule has 2 aromatic carbocycles. The van der Waals surface area contributed by atoms with Gasteiger partial charge in [0.1, 0.15) is 11.6 Å². The summed E-state index contributed by atoms with van der Waals surface area (Å²) >= 11 is 0. The standard InChI is InChI=1S/C20H23F2N3O/c21-16-6-7-19(18(22)14-16)25(13-10-15-4-2-1-3-5-15)20(26)24-17-8-11-23-12-9-17/h1-7,14,17,23H,8-13H2,(H,24,26). The van der Waals surface area contributed by atoms with Crippen molar-refractivity contribution < 1.29 is 13.6 Å². The predicted octanol–water partition coefficient (Wildman–Crippen LogP) is 3.48. The maximum absolute atomic E-state index is 14.3. The average Bonchev–Trinajstić information content (AvgIpc) is 2.65. The van der Waals surface area contributed by atoms with Crippen molar-refractivity contribution in [3.63, 3.8) is 0 Å². The van der Waals surface area contributed by atoms with Crippen molar-refractivity contribution in [2.24, 2.45) is 0 Å². The summed E-state index contributed by atoms with van der Waals surface area (Å²) in [6.45, 7) is 2.00. The lowest BCUT2D eigenvalue weighted by molar-refractivity contribution is 0.239. The molecular weight excluding hydrogens is 336 g/mol. The third-order valence-electron chi connectivity index (χ3n) is 4.58. The van der Waals surface area contributed by atoms with Gasteiger partial charge in [0.25, 0.3) is 0 Å². The molecule has 0 aliphatic carbocycles. The van der Waals surface area contributed by atoms with Crippen molar-refractivity contribution >= 4 is 11.7 Å². The van der Waals surface area contributed by atoms with E-state index in [0.717, 1.165) is 37.6 Å². The van der Waals surface area contributed by atoms with Crippen LogP contribution in [0.5, 0.6) is 0 Å². The SMILES string of the molecule is O=C(NC1CCNCC1)N(CCc1ccccc1)c1ccc(F)cc1F. The van der Waals surface area contributed by atoms with E-state index < -0.39 is 11.6 Å². The Kier molecular flexibility index (Phi) is 6.17. The third kappa shape index (κ3) is 4.79. The lowest BCUT2D eigenvalue weighted by Crippen LogP contribution is -2.49. The van der Waals surface area contributed by atoms with E-state index in [-0.39, 0.29) is 17.8 Å². The van der Waals surface area contributed by atoms with Gasteiger partial charge in [-0.2, -0.15) is 0 Å². The van der Waals surface area contributed by atoms with Crippen LogP contribution in [-0.2, 0) is 6.42 Å². The molecule has 2 amide bonds. The summed E-state index contributed by atoms with van der Waals surface area (Å²) in [7, 11) is 0. The second-order valence-corrected chi connectivity index (χ2v) is 6.46. The first-order valence-electron chi connectivity index (χ1n) is 8.91. The van der Waals surface area contributed by atoms with E-state index in [0.29, 0.717) is 13.0 Å².